The summed E-state index contributed by atoms with van der Waals surface area (Å²) in [5, 5.41) is 3.51. The van der Waals surface area contributed by atoms with Crippen LogP contribution in [0.5, 0.6) is 0 Å². The highest BCUT2D eigenvalue weighted by atomic mass is 79.9. The van der Waals surface area contributed by atoms with Crippen LogP contribution in [0.15, 0.2) is 16.7 Å². The average Bonchev–Trinajstić information content (AvgIpc) is 3.04. The van der Waals surface area contributed by atoms with Crippen molar-refractivity contribution in [2.24, 2.45) is 17.8 Å². The summed E-state index contributed by atoms with van der Waals surface area (Å²) in [6.07, 6.45) is 3.26. The lowest BCUT2D eigenvalue weighted by Crippen LogP contribution is -2.25. The van der Waals surface area contributed by atoms with Crippen molar-refractivity contribution in [1.29, 1.82) is 0 Å². The Labute approximate surface area is 131 Å². The van der Waals surface area contributed by atoms with Crippen LogP contribution in [0.1, 0.15) is 32.8 Å². The number of hydrogen-bond donors (Lipinski definition) is 1. The lowest BCUT2D eigenvalue weighted by molar-refractivity contribution is 0.551. The smallest absolute Gasteiger partial charge is 0.132 e. The second-order valence-electron chi connectivity index (χ2n) is 6.51. The molecule has 0 bridgehead atoms. The van der Waals surface area contributed by atoms with Gasteiger partial charge in [-0.1, -0.05) is 20.8 Å². The molecular formula is C16H26BrN3. The molecule has 2 unspecified atom stereocenters. The van der Waals surface area contributed by atoms with Crippen molar-refractivity contribution >= 4 is 21.7 Å². The highest BCUT2D eigenvalue weighted by Gasteiger charge is 2.33. The number of pyridine rings is 1. The highest BCUT2D eigenvalue weighted by molar-refractivity contribution is 9.10. The molecule has 2 atom stereocenters. The first-order valence-corrected chi connectivity index (χ1v) is 8.33. The summed E-state index contributed by atoms with van der Waals surface area (Å²) in [4.78, 5) is 6.93. The van der Waals surface area contributed by atoms with Crippen molar-refractivity contribution in [3.05, 3.63) is 22.3 Å². The van der Waals surface area contributed by atoms with Gasteiger partial charge in [-0.3, -0.25) is 0 Å². The molecule has 1 aromatic rings. The summed E-state index contributed by atoms with van der Waals surface area (Å²) in [6.45, 7) is 9.83. The van der Waals surface area contributed by atoms with Crippen molar-refractivity contribution in [3.8, 4) is 0 Å². The SMILES string of the molecule is CC(C)CNCc1cc(Br)cnc1N(C)CC1CC1C. The van der Waals surface area contributed by atoms with Crippen molar-refractivity contribution in [3.63, 3.8) is 0 Å². The van der Waals surface area contributed by atoms with E-state index in [9.17, 15) is 0 Å². The predicted molar refractivity (Wildman–Crippen MR) is 89.0 cm³/mol. The zero-order chi connectivity index (χ0) is 14.7. The first-order chi connectivity index (χ1) is 9.47. The Bertz CT molecular complexity index is 447. The van der Waals surface area contributed by atoms with E-state index in [1.54, 1.807) is 0 Å². The molecule has 2 rings (SSSR count). The third-order valence-corrected chi connectivity index (χ3v) is 4.36. The topological polar surface area (TPSA) is 28.2 Å². The van der Waals surface area contributed by atoms with Gasteiger partial charge in [-0.05, 0) is 52.7 Å². The maximum atomic E-state index is 4.62. The lowest BCUT2D eigenvalue weighted by atomic mass is 10.2. The maximum absolute atomic E-state index is 4.62. The third kappa shape index (κ3) is 4.45. The molecule has 0 aromatic carbocycles. The number of hydrogen-bond acceptors (Lipinski definition) is 3. The van der Waals surface area contributed by atoms with Gasteiger partial charge in [0.25, 0.3) is 0 Å². The van der Waals surface area contributed by atoms with E-state index in [0.717, 1.165) is 41.8 Å². The Kier molecular flexibility index (Phi) is 5.44. The number of rotatable bonds is 7. The van der Waals surface area contributed by atoms with Gasteiger partial charge < -0.3 is 10.2 Å². The summed E-state index contributed by atoms with van der Waals surface area (Å²) in [5.74, 6) is 3.52. The Morgan fingerprint density at radius 1 is 1.50 bits per heavy atom. The maximum Gasteiger partial charge on any atom is 0.132 e. The van der Waals surface area contributed by atoms with Gasteiger partial charge in [-0.2, -0.15) is 0 Å². The number of halogens is 1. The van der Waals surface area contributed by atoms with Crippen LogP contribution in [0.2, 0.25) is 0 Å². The zero-order valence-corrected chi connectivity index (χ0v) is 14.6. The summed E-state index contributed by atoms with van der Waals surface area (Å²) in [5.41, 5.74) is 1.27. The second-order valence-corrected chi connectivity index (χ2v) is 7.43. The van der Waals surface area contributed by atoms with Crippen LogP contribution in [0.3, 0.4) is 0 Å². The standard InChI is InChI=1S/C16H26BrN3/c1-11(2)7-18-8-13-6-15(17)9-19-16(13)20(4)10-14-5-12(14)3/h6,9,11-12,14,18H,5,7-8,10H2,1-4H3. The third-order valence-electron chi connectivity index (χ3n) is 3.92. The van der Waals surface area contributed by atoms with E-state index in [2.05, 4.69) is 65.0 Å². The molecule has 1 fully saturated rings. The van der Waals surface area contributed by atoms with Crippen molar-refractivity contribution in [2.45, 2.75) is 33.7 Å². The van der Waals surface area contributed by atoms with Gasteiger partial charge in [0.05, 0.1) is 0 Å². The van der Waals surface area contributed by atoms with Crippen LogP contribution < -0.4 is 10.2 Å². The van der Waals surface area contributed by atoms with Gasteiger partial charge in [0.1, 0.15) is 5.82 Å². The number of nitrogens with one attached hydrogen (secondary N) is 1. The fourth-order valence-electron chi connectivity index (χ4n) is 2.53. The molecule has 0 saturated heterocycles. The van der Waals surface area contributed by atoms with E-state index in [1.165, 1.54) is 12.0 Å². The van der Waals surface area contributed by atoms with Crippen molar-refractivity contribution < 1.29 is 0 Å². The number of anilines is 1. The molecule has 112 valence electrons. The first kappa shape index (κ1) is 15.8. The Morgan fingerprint density at radius 3 is 2.80 bits per heavy atom. The second kappa shape index (κ2) is 6.90. The molecule has 1 aliphatic carbocycles. The van der Waals surface area contributed by atoms with E-state index < -0.39 is 0 Å². The Morgan fingerprint density at radius 2 is 2.20 bits per heavy atom. The molecule has 1 heterocycles. The fraction of sp³-hybridized carbons (Fsp3) is 0.688. The molecule has 1 aromatic heterocycles. The van der Waals surface area contributed by atoms with Crippen LogP contribution in [0.25, 0.3) is 0 Å². The van der Waals surface area contributed by atoms with Crippen LogP contribution in [-0.4, -0.2) is 25.1 Å². The van der Waals surface area contributed by atoms with Gasteiger partial charge >= 0.3 is 0 Å². The molecule has 0 amide bonds. The van der Waals surface area contributed by atoms with Crippen molar-refractivity contribution in [1.82, 2.24) is 10.3 Å². The van der Waals surface area contributed by atoms with Crippen LogP contribution in [0, 0.1) is 17.8 Å². The minimum atomic E-state index is 0.670. The monoisotopic (exact) mass is 339 g/mol. The Balaban J connectivity index is 2.02. The summed E-state index contributed by atoms with van der Waals surface area (Å²) >= 11 is 3.53. The van der Waals surface area contributed by atoms with Gasteiger partial charge in [0, 0.05) is 36.4 Å². The molecule has 20 heavy (non-hydrogen) atoms. The van der Waals surface area contributed by atoms with E-state index in [4.69, 9.17) is 0 Å². The molecule has 4 heteroatoms. The minimum Gasteiger partial charge on any atom is -0.359 e. The Hall–Kier alpha value is -0.610. The fourth-order valence-corrected chi connectivity index (χ4v) is 2.91. The van der Waals surface area contributed by atoms with Gasteiger partial charge in [0.15, 0.2) is 0 Å². The number of nitrogens with zero attached hydrogens (tertiary/aromatic N) is 2. The van der Waals surface area contributed by atoms with E-state index in [0.29, 0.717) is 5.92 Å². The van der Waals surface area contributed by atoms with Crippen LogP contribution >= 0.6 is 15.9 Å². The molecule has 0 spiro atoms. The van der Waals surface area contributed by atoms with Gasteiger partial charge in [-0.15, -0.1) is 0 Å². The largest absolute Gasteiger partial charge is 0.359 e. The predicted octanol–water partition coefficient (Wildman–Crippen LogP) is 3.68. The summed E-state index contributed by atoms with van der Waals surface area (Å²) in [6, 6.07) is 2.18. The molecule has 0 radical (unpaired) electrons. The first-order valence-electron chi connectivity index (χ1n) is 7.53. The van der Waals surface area contributed by atoms with Gasteiger partial charge in [-0.25, -0.2) is 4.98 Å². The molecule has 0 aliphatic heterocycles. The molecule has 1 N–H and O–H groups in total. The zero-order valence-electron chi connectivity index (χ0n) is 13.0. The van der Waals surface area contributed by atoms with E-state index >= 15 is 0 Å². The van der Waals surface area contributed by atoms with Gasteiger partial charge in [0.2, 0.25) is 0 Å². The average molecular weight is 340 g/mol. The van der Waals surface area contributed by atoms with E-state index in [-0.39, 0.29) is 0 Å². The molecule has 1 saturated carbocycles. The molecule has 3 nitrogen and oxygen atoms in total. The lowest BCUT2D eigenvalue weighted by Gasteiger charge is -2.22. The van der Waals surface area contributed by atoms with Crippen molar-refractivity contribution in [2.75, 3.05) is 25.0 Å². The normalized spacial score (nSPS) is 21.3. The molecular weight excluding hydrogens is 314 g/mol. The van der Waals surface area contributed by atoms with Crippen LogP contribution in [-0.2, 0) is 6.54 Å². The van der Waals surface area contributed by atoms with E-state index in [1.807, 2.05) is 6.20 Å². The summed E-state index contributed by atoms with van der Waals surface area (Å²) < 4.78 is 1.05. The highest BCUT2D eigenvalue weighted by Crippen LogP contribution is 2.38. The van der Waals surface area contributed by atoms with Crippen LogP contribution in [0.4, 0.5) is 5.82 Å². The number of aromatic nitrogens is 1. The molecule has 1 aliphatic rings. The summed E-state index contributed by atoms with van der Waals surface area (Å²) in [7, 11) is 2.16. The quantitative estimate of drug-likeness (QED) is 0.821. The minimum absolute atomic E-state index is 0.670.